The summed E-state index contributed by atoms with van der Waals surface area (Å²) in [6.45, 7) is 8.98. The van der Waals surface area contributed by atoms with Crippen LogP contribution in [0.3, 0.4) is 0 Å². The van der Waals surface area contributed by atoms with Gasteiger partial charge in [-0.15, -0.1) is 0 Å². The predicted molar refractivity (Wildman–Crippen MR) is 71.9 cm³/mol. The van der Waals surface area contributed by atoms with Crippen LogP contribution in [0.25, 0.3) is 0 Å². The molecule has 3 nitrogen and oxygen atoms in total. The summed E-state index contributed by atoms with van der Waals surface area (Å²) in [4.78, 5) is 10.9. The zero-order chi connectivity index (χ0) is 12.8. The van der Waals surface area contributed by atoms with Gasteiger partial charge < -0.3 is 10.6 Å². The third kappa shape index (κ3) is 5.00. The number of anilines is 1. The van der Waals surface area contributed by atoms with E-state index in [4.69, 9.17) is 0 Å². The Balaban J connectivity index is 2.48. The van der Waals surface area contributed by atoms with Crippen molar-refractivity contribution >= 4 is 11.6 Å². The number of carbonyl (C=O) groups excluding carboxylic acids is 1. The molecule has 0 spiro atoms. The maximum atomic E-state index is 10.9. The van der Waals surface area contributed by atoms with Crippen molar-refractivity contribution in [2.45, 2.75) is 40.3 Å². The van der Waals surface area contributed by atoms with Crippen molar-refractivity contribution in [2.75, 3.05) is 5.32 Å². The van der Waals surface area contributed by atoms with Gasteiger partial charge in [-0.1, -0.05) is 26.0 Å². The fourth-order valence-electron chi connectivity index (χ4n) is 1.42. The van der Waals surface area contributed by atoms with Gasteiger partial charge in [0.25, 0.3) is 0 Å². The third-order valence-electron chi connectivity index (χ3n) is 2.90. The van der Waals surface area contributed by atoms with E-state index >= 15 is 0 Å². The van der Waals surface area contributed by atoms with Gasteiger partial charge in [0.2, 0.25) is 5.91 Å². The lowest BCUT2D eigenvalue weighted by Gasteiger charge is -2.17. The van der Waals surface area contributed by atoms with E-state index in [1.807, 2.05) is 24.3 Å². The monoisotopic (exact) mass is 234 g/mol. The minimum absolute atomic E-state index is 0.0377. The topological polar surface area (TPSA) is 41.1 Å². The highest BCUT2D eigenvalue weighted by molar-refractivity contribution is 5.88. The van der Waals surface area contributed by atoms with Crippen LogP contribution in [0.4, 0.5) is 5.69 Å². The number of amides is 1. The highest BCUT2D eigenvalue weighted by atomic mass is 16.1. The maximum Gasteiger partial charge on any atom is 0.221 e. The quantitative estimate of drug-likeness (QED) is 0.822. The minimum Gasteiger partial charge on any atom is -0.326 e. The fraction of sp³-hybridized carbons (Fsp3) is 0.500. The van der Waals surface area contributed by atoms with E-state index in [1.54, 1.807) is 0 Å². The Bertz CT molecular complexity index is 357. The summed E-state index contributed by atoms with van der Waals surface area (Å²) in [5.74, 6) is 0.595. The number of carbonyl (C=O) groups is 1. The molecule has 0 unspecified atom stereocenters. The van der Waals surface area contributed by atoms with Crippen molar-refractivity contribution in [1.82, 2.24) is 5.32 Å². The first-order chi connectivity index (χ1) is 7.99. The standard InChI is InChI=1S/C14H22N2O/c1-10(2)11(3)15-9-13-5-7-14(8-6-13)16-12(4)17/h5-8,10-11,15H,9H2,1-4H3,(H,16,17)/t11-/m0/s1. The van der Waals surface area contributed by atoms with E-state index in [2.05, 4.69) is 31.4 Å². The molecule has 1 amide bonds. The van der Waals surface area contributed by atoms with Crippen LogP contribution in [0, 0.1) is 5.92 Å². The smallest absolute Gasteiger partial charge is 0.221 e. The molecule has 0 fully saturated rings. The third-order valence-corrected chi connectivity index (χ3v) is 2.90. The van der Waals surface area contributed by atoms with Crippen molar-refractivity contribution in [3.05, 3.63) is 29.8 Å². The van der Waals surface area contributed by atoms with Gasteiger partial charge in [0.15, 0.2) is 0 Å². The molecule has 1 rings (SSSR count). The first-order valence-corrected chi connectivity index (χ1v) is 6.09. The van der Waals surface area contributed by atoms with Gasteiger partial charge >= 0.3 is 0 Å². The molecule has 0 saturated heterocycles. The molecule has 0 radical (unpaired) electrons. The molecule has 0 aliphatic carbocycles. The number of rotatable bonds is 5. The predicted octanol–water partition coefficient (Wildman–Crippen LogP) is 2.78. The number of hydrogen-bond acceptors (Lipinski definition) is 2. The Morgan fingerprint density at radius 2 is 1.76 bits per heavy atom. The summed E-state index contributed by atoms with van der Waals surface area (Å²) in [5.41, 5.74) is 2.07. The molecule has 2 N–H and O–H groups in total. The lowest BCUT2D eigenvalue weighted by Crippen LogP contribution is -2.30. The van der Waals surface area contributed by atoms with Crippen molar-refractivity contribution in [1.29, 1.82) is 0 Å². The summed E-state index contributed by atoms with van der Waals surface area (Å²) < 4.78 is 0. The maximum absolute atomic E-state index is 10.9. The summed E-state index contributed by atoms with van der Waals surface area (Å²) in [6.07, 6.45) is 0. The molecule has 0 aliphatic rings. The van der Waals surface area contributed by atoms with E-state index in [0.29, 0.717) is 12.0 Å². The van der Waals surface area contributed by atoms with Crippen LogP contribution in [-0.4, -0.2) is 11.9 Å². The fourth-order valence-corrected chi connectivity index (χ4v) is 1.42. The summed E-state index contributed by atoms with van der Waals surface area (Å²) in [5, 5.41) is 6.23. The highest BCUT2D eigenvalue weighted by Crippen LogP contribution is 2.10. The van der Waals surface area contributed by atoms with Crippen LogP contribution < -0.4 is 10.6 Å². The van der Waals surface area contributed by atoms with E-state index in [9.17, 15) is 4.79 Å². The number of nitrogens with one attached hydrogen (secondary N) is 2. The van der Waals surface area contributed by atoms with Gasteiger partial charge in [-0.05, 0) is 30.5 Å². The summed E-state index contributed by atoms with van der Waals surface area (Å²) in [7, 11) is 0. The van der Waals surface area contributed by atoms with Gasteiger partial charge in [0, 0.05) is 25.2 Å². The van der Waals surface area contributed by atoms with E-state index in [0.717, 1.165) is 12.2 Å². The number of benzene rings is 1. The lowest BCUT2D eigenvalue weighted by molar-refractivity contribution is -0.114. The Morgan fingerprint density at radius 1 is 1.18 bits per heavy atom. The Hall–Kier alpha value is -1.35. The second-order valence-corrected chi connectivity index (χ2v) is 4.79. The van der Waals surface area contributed by atoms with Crippen LogP contribution in [0.1, 0.15) is 33.3 Å². The van der Waals surface area contributed by atoms with Crippen LogP contribution in [0.15, 0.2) is 24.3 Å². The molecule has 0 aromatic heterocycles. The summed E-state index contributed by atoms with van der Waals surface area (Å²) >= 11 is 0. The molecule has 0 bridgehead atoms. The van der Waals surface area contributed by atoms with Gasteiger partial charge in [-0.3, -0.25) is 4.79 Å². The van der Waals surface area contributed by atoms with Gasteiger partial charge in [0.05, 0.1) is 0 Å². The lowest BCUT2D eigenvalue weighted by atomic mass is 10.1. The first kappa shape index (κ1) is 13.7. The van der Waals surface area contributed by atoms with Crippen molar-refractivity contribution in [3.63, 3.8) is 0 Å². The van der Waals surface area contributed by atoms with Gasteiger partial charge in [-0.2, -0.15) is 0 Å². The normalized spacial score (nSPS) is 12.5. The van der Waals surface area contributed by atoms with Crippen LogP contribution in [0.5, 0.6) is 0 Å². The molecule has 1 aromatic rings. The zero-order valence-corrected chi connectivity index (χ0v) is 11.1. The number of hydrogen-bond donors (Lipinski definition) is 2. The van der Waals surface area contributed by atoms with E-state index < -0.39 is 0 Å². The molecule has 0 heterocycles. The zero-order valence-electron chi connectivity index (χ0n) is 11.1. The molecule has 1 atom stereocenters. The summed E-state index contributed by atoms with van der Waals surface area (Å²) in [6, 6.07) is 8.43. The van der Waals surface area contributed by atoms with Crippen LogP contribution in [-0.2, 0) is 11.3 Å². The highest BCUT2D eigenvalue weighted by Gasteiger charge is 2.05. The van der Waals surface area contributed by atoms with Crippen molar-refractivity contribution in [3.8, 4) is 0 Å². The second kappa shape index (κ2) is 6.40. The van der Waals surface area contributed by atoms with Crippen LogP contribution >= 0.6 is 0 Å². The SMILES string of the molecule is CC(=O)Nc1ccc(CN[C@@H](C)C(C)C)cc1. The molecule has 0 aliphatic heterocycles. The minimum atomic E-state index is -0.0377. The van der Waals surface area contributed by atoms with Gasteiger partial charge in [0.1, 0.15) is 0 Å². The van der Waals surface area contributed by atoms with E-state index in [1.165, 1.54) is 12.5 Å². The molecule has 3 heteroatoms. The molecule has 94 valence electrons. The van der Waals surface area contributed by atoms with Gasteiger partial charge in [-0.25, -0.2) is 0 Å². The Morgan fingerprint density at radius 3 is 2.24 bits per heavy atom. The van der Waals surface area contributed by atoms with E-state index in [-0.39, 0.29) is 5.91 Å². The molecule has 0 saturated carbocycles. The Labute approximate surface area is 104 Å². The molecular weight excluding hydrogens is 212 g/mol. The first-order valence-electron chi connectivity index (χ1n) is 6.09. The van der Waals surface area contributed by atoms with Crippen molar-refractivity contribution in [2.24, 2.45) is 5.92 Å². The average molecular weight is 234 g/mol. The second-order valence-electron chi connectivity index (χ2n) is 4.79. The largest absolute Gasteiger partial charge is 0.326 e. The Kier molecular flexibility index (Phi) is 5.16. The molecule has 17 heavy (non-hydrogen) atoms. The average Bonchev–Trinajstić information content (AvgIpc) is 2.26. The molecular formula is C14H22N2O. The van der Waals surface area contributed by atoms with Crippen molar-refractivity contribution < 1.29 is 4.79 Å². The van der Waals surface area contributed by atoms with Crippen LogP contribution in [0.2, 0.25) is 0 Å². The molecule has 1 aromatic carbocycles.